The maximum atomic E-state index is 10.7. The fraction of sp³-hybridized carbons (Fsp3) is 0.294. The van der Waals surface area contributed by atoms with Gasteiger partial charge in [0.2, 0.25) is 0 Å². The Morgan fingerprint density at radius 3 is 1.50 bits per heavy atom. The third-order valence-electron chi connectivity index (χ3n) is 8.12. The number of non-ortho nitro benzene ring substituents is 2. The van der Waals surface area contributed by atoms with E-state index in [1.54, 1.807) is 38.5 Å². The highest BCUT2D eigenvalue weighted by molar-refractivity contribution is 5.39. The van der Waals surface area contributed by atoms with Crippen molar-refractivity contribution >= 4 is 11.4 Å². The number of fused-ring (bicyclic) bond motifs is 2. The van der Waals surface area contributed by atoms with Gasteiger partial charge in [-0.2, -0.15) is 0 Å². The molecule has 0 aliphatic carbocycles. The molecule has 4 aromatic carbocycles. The number of nitrogens with zero attached hydrogens (tertiary/aromatic N) is 4. The average Bonchev–Trinajstić information content (AvgIpc) is 3.05. The quantitative estimate of drug-likeness (QED) is 0.172. The highest BCUT2D eigenvalue weighted by atomic mass is 16.6. The van der Waals surface area contributed by atoms with Gasteiger partial charge in [-0.05, 0) is 70.5 Å². The van der Waals surface area contributed by atoms with E-state index in [1.807, 2.05) is 36.4 Å². The van der Waals surface area contributed by atoms with Crippen molar-refractivity contribution < 1.29 is 19.3 Å². The minimum absolute atomic E-state index is 0.137. The van der Waals surface area contributed by atoms with Crippen molar-refractivity contribution in [2.75, 3.05) is 27.3 Å². The van der Waals surface area contributed by atoms with E-state index in [-0.39, 0.29) is 21.2 Å². The molecule has 44 heavy (non-hydrogen) atoms. The summed E-state index contributed by atoms with van der Waals surface area (Å²) in [6.45, 7) is 5.37. The molecular formula is C34H36N4O6. The minimum Gasteiger partial charge on any atom is -0.497 e. The first-order valence-corrected chi connectivity index (χ1v) is 14.5. The lowest BCUT2D eigenvalue weighted by molar-refractivity contribution is -0.385. The molecule has 10 heteroatoms. The van der Waals surface area contributed by atoms with Crippen LogP contribution in [0.5, 0.6) is 11.5 Å². The highest BCUT2D eigenvalue weighted by Gasteiger charge is 2.18. The van der Waals surface area contributed by atoms with Gasteiger partial charge >= 0.3 is 0 Å². The molecule has 4 aromatic rings. The Labute approximate surface area is 256 Å². The molecule has 2 aliphatic heterocycles. The zero-order valence-electron chi connectivity index (χ0n) is 25.0. The van der Waals surface area contributed by atoms with E-state index < -0.39 is 0 Å². The summed E-state index contributed by atoms with van der Waals surface area (Å²) in [4.78, 5) is 25.3. The van der Waals surface area contributed by atoms with Gasteiger partial charge in [-0.3, -0.25) is 30.0 Å². The minimum atomic E-state index is -0.368. The lowest BCUT2D eigenvalue weighted by atomic mass is 9.99. The van der Waals surface area contributed by atoms with Crippen LogP contribution in [0.15, 0.2) is 84.9 Å². The molecule has 228 valence electrons. The molecule has 0 aromatic heterocycles. The van der Waals surface area contributed by atoms with Crippen LogP contribution in [-0.2, 0) is 39.0 Å². The van der Waals surface area contributed by atoms with E-state index in [1.165, 1.54) is 22.3 Å². The number of methoxy groups -OCH3 is 2. The third kappa shape index (κ3) is 7.77. The summed E-state index contributed by atoms with van der Waals surface area (Å²) < 4.78 is 10.6. The molecule has 2 heterocycles. The maximum Gasteiger partial charge on any atom is 0.269 e. The zero-order chi connectivity index (χ0) is 31.1. The normalized spacial score (nSPS) is 14.4. The molecule has 0 N–H and O–H groups in total. The summed E-state index contributed by atoms with van der Waals surface area (Å²) in [5.41, 5.74) is 7.82. The lowest BCUT2D eigenvalue weighted by Gasteiger charge is -2.29. The Bertz CT molecular complexity index is 1610. The van der Waals surface area contributed by atoms with Crippen LogP contribution in [0.1, 0.15) is 33.4 Å². The van der Waals surface area contributed by atoms with Gasteiger partial charge in [-0.15, -0.1) is 0 Å². The Morgan fingerprint density at radius 1 is 0.591 bits per heavy atom. The van der Waals surface area contributed by atoms with Crippen LogP contribution >= 0.6 is 0 Å². The van der Waals surface area contributed by atoms with E-state index in [4.69, 9.17) is 9.47 Å². The molecule has 2 aliphatic rings. The molecule has 0 atom stereocenters. The van der Waals surface area contributed by atoms with Crippen LogP contribution < -0.4 is 9.47 Å². The van der Waals surface area contributed by atoms with Gasteiger partial charge in [0.15, 0.2) is 0 Å². The van der Waals surface area contributed by atoms with Crippen LogP contribution in [0.25, 0.3) is 0 Å². The molecule has 6 rings (SSSR count). The fourth-order valence-electron chi connectivity index (χ4n) is 5.67. The Morgan fingerprint density at radius 2 is 1.02 bits per heavy atom. The standard InChI is InChI=1S/2C17H18N2O3/c1-22-17-7-4-15-12-18(9-8-14(15)10-17)11-13-2-5-16(6-3-13)19(20)21;1-22-17-7-4-14-8-9-18(12-15(14)10-17)11-13-2-5-16(6-3-13)19(20)21/h2*2-7,10H,8-9,11-12H2,1H3. The predicted molar refractivity (Wildman–Crippen MR) is 168 cm³/mol. The van der Waals surface area contributed by atoms with Gasteiger partial charge in [-0.25, -0.2) is 0 Å². The van der Waals surface area contributed by atoms with Crippen molar-refractivity contribution in [2.45, 2.75) is 39.0 Å². The van der Waals surface area contributed by atoms with Gasteiger partial charge in [0.1, 0.15) is 11.5 Å². The van der Waals surface area contributed by atoms with Gasteiger partial charge in [-0.1, -0.05) is 36.4 Å². The van der Waals surface area contributed by atoms with Crippen LogP contribution in [-0.4, -0.2) is 47.0 Å². The second-order valence-electron chi connectivity index (χ2n) is 11.0. The molecule has 0 saturated carbocycles. The zero-order valence-corrected chi connectivity index (χ0v) is 25.0. The van der Waals surface area contributed by atoms with Crippen molar-refractivity contribution in [3.63, 3.8) is 0 Å². The fourth-order valence-corrected chi connectivity index (χ4v) is 5.67. The van der Waals surface area contributed by atoms with Crippen LogP contribution in [0.4, 0.5) is 11.4 Å². The number of benzene rings is 4. The number of nitro groups is 2. The molecule has 0 saturated heterocycles. The smallest absolute Gasteiger partial charge is 0.269 e. The van der Waals surface area contributed by atoms with Crippen LogP contribution in [0.2, 0.25) is 0 Å². The first kappa shape index (κ1) is 30.7. The molecule has 0 amide bonds. The summed E-state index contributed by atoms with van der Waals surface area (Å²) in [6.07, 6.45) is 2.02. The third-order valence-corrected chi connectivity index (χ3v) is 8.12. The molecule has 10 nitrogen and oxygen atoms in total. The SMILES string of the molecule is COc1ccc2c(c1)CCN(Cc1ccc([N+](=O)[O-])cc1)C2.COc1ccc2c(c1)CN(Cc1ccc([N+](=O)[O-])cc1)CC2. The van der Waals surface area contributed by atoms with Crippen molar-refractivity contribution in [3.05, 3.63) is 139 Å². The second kappa shape index (κ2) is 14.1. The van der Waals surface area contributed by atoms with Gasteiger partial charge in [0.05, 0.1) is 24.1 Å². The van der Waals surface area contributed by atoms with Crippen molar-refractivity contribution in [1.82, 2.24) is 9.80 Å². The number of ether oxygens (including phenoxy) is 2. The van der Waals surface area contributed by atoms with Gasteiger partial charge in [0.25, 0.3) is 11.4 Å². The summed E-state index contributed by atoms with van der Waals surface area (Å²) in [5, 5.41) is 21.4. The van der Waals surface area contributed by atoms with Crippen molar-refractivity contribution in [3.8, 4) is 11.5 Å². The molecular weight excluding hydrogens is 560 g/mol. The van der Waals surface area contributed by atoms with E-state index in [0.29, 0.717) is 0 Å². The molecule has 0 unspecified atom stereocenters. The Balaban J connectivity index is 0.000000175. The van der Waals surface area contributed by atoms with Crippen molar-refractivity contribution in [2.24, 2.45) is 0 Å². The van der Waals surface area contributed by atoms with Crippen molar-refractivity contribution in [1.29, 1.82) is 0 Å². The highest BCUT2D eigenvalue weighted by Crippen LogP contribution is 2.26. The Hall–Kier alpha value is -4.80. The number of rotatable bonds is 8. The summed E-state index contributed by atoms with van der Waals surface area (Å²) in [5.74, 6) is 1.79. The number of hydrogen-bond donors (Lipinski definition) is 0. The summed E-state index contributed by atoms with van der Waals surface area (Å²) in [7, 11) is 3.37. The predicted octanol–water partition coefficient (Wildman–Crippen LogP) is 6.32. The van der Waals surface area contributed by atoms with Gasteiger partial charge < -0.3 is 9.47 Å². The van der Waals surface area contributed by atoms with E-state index in [9.17, 15) is 20.2 Å². The van der Waals surface area contributed by atoms with Crippen LogP contribution in [0, 0.1) is 20.2 Å². The van der Waals surface area contributed by atoms with E-state index >= 15 is 0 Å². The lowest BCUT2D eigenvalue weighted by Crippen LogP contribution is -2.30. The number of nitro benzene ring substituents is 2. The molecule has 0 spiro atoms. The summed E-state index contributed by atoms with van der Waals surface area (Å²) >= 11 is 0. The molecule has 0 radical (unpaired) electrons. The first-order valence-electron chi connectivity index (χ1n) is 14.5. The monoisotopic (exact) mass is 596 g/mol. The van der Waals surface area contributed by atoms with E-state index in [2.05, 4.69) is 34.1 Å². The van der Waals surface area contributed by atoms with E-state index in [0.717, 1.165) is 74.7 Å². The topological polar surface area (TPSA) is 111 Å². The maximum absolute atomic E-state index is 10.7. The molecule has 0 bridgehead atoms. The largest absolute Gasteiger partial charge is 0.497 e. The second-order valence-corrected chi connectivity index (χ2v) is 11.0. The summed E-state index contributed by atoms with van der Waals surface area (Å²) in [6, 6.07) is 26.1. The first-order chi connectivity index (χ1) is 21.3. The Kier molecular flexibility index (Phi) is 9.83. The van der Waals surface area contributed by atoms with Crippen LogP contribution in [0.3, 0.4) is 0 Å². The average molecular weight is 597 g/mol. The molecule has 0 fully saturated rings. The van der Waals surface area contributed by atoms with Gasteiger partial charge in [0, 0.05) is 63.5 Å². The number of hydrogen-bond acceptors (Lipinski definition) is 8.